The summed E-state index contributed by atoms with van der Waals surface area (Å²) in [6.07, 6.45) is 0.957. The maximum atomic E-state index is 9.40. The number of hydrogen-bond donors (Lipinski definition) is 3. The second kappa shape index (κ2) is 8.61. The van der Waals surface area contributed by atoms with Crippen LogP contribution in [-0.2, 0) is 0 Å². The number of anilines is 2. The van der Waals surface area contributed by atoms with E-state index in [4.69, 9.17) is 4.74 Å². The van der Waals surface area contributed by atoms with Crippen LogP contribution < -0.4 is 15.4 Å². The highest BCUT2D eigenvalue weighted by molar-refractivity contribution is 5.36. The molecule has 21 heavy (non-hydrogen) atoms. The lowest BCUT2D eigenvalue weighted by atomic mass is 10.1. The van der Waals surface area contributed by atoms with Crippen LogP contribution in [0.2, 0.25) is 0 Å². The second-order valence-electron chi connectivity index (χ2n) is 5.54. The number of nitrogens with zero attached hydrogens (tertiary/aromatic N) is 3. The highest BCUT2D eigenvalue weighted by Gasteiger charge is 2.15. The maximum Gasteiger partial charge on any atom is 0.323 e. The summed E-state index contributed by atoms with van der Waals surface area (Å²) in [5, 5.41) is 15.7. The molecule has 7 nitrogen and oxygen atoms in total. The maximum absolute atomic E-state index is 9.40. The van der Waals surface area contributed by atoms with Crippen molar-refractivity contribution in [3.63, 3.8) is 0 Å². The van der Waals surface area contributed by atoms with Gasteiger partial charge in [0.25, 0.3) is 0 Å². The van der Waals surface area contributed by atoms with Crippen LogP contribution >= 0.6 is 0 Å². The van der Waals surface area contributed by atoms with Gasteiger partial charge in [-0.05, 0) is 26.2 Å². The molecule has 0 radical (unpaired) electrons. The molecule has 0 amide bonds. The molecule has 3 N–H and O–H groups in total. The first-order valence-electron chi connectivity index (χ1n) is 7.50. The number of aliphatic hydroxyl groups is 1. The van der Waals surface area contributed by atoms with E-state index >= 15 is 0 Å². The fourth-order valence-corrected chi connectivity index (χ4v) is 1.59. The van der Waals surface area contributed by atoms with E-state index in [1.165, 1.54) is 0 Å². The van der Waals surface area contributed by atoms with Gasteiger partial charge in [0.15, 0.2) is 0 Å². The zero-order chi connectivity index (χ0) is 15.8. The van der Waals surface area contributed by atoms with E-state index in [0.29, 0.717) is 11.9 Å². The van der Waals surface area contributed by atoms with Crippen LogP contribution in [-0.4, -0.2) is 45.4 Å². The molecular formula is C14H27N5O2. The van der Waals surface area contributed by atoms with Gasteiger partial charge in [-0.2, -0.15) is 15.0 Å². The lowest BCUT2D eigenvalue weighted by Crippen LogP contribution is -2.30. The van der Waals surface area contributed by atoms with E-state index in [9.17, 15) is 5.11 Å². The van der Waals surface area contributed by atoms with Gasteiger partial charge in [-0.15, -0.1) is 0 Å². The molecule has 7 heteroatoms. The molecule has 1 unspecified atom stereocenters. The fourth-order valence-electron chi connectivity index (χ4n) is 1.59. The predicted octanol–water partition coefficient (Wildman–Crippen LogP) is 1.91. The molecule has 0 saturated heterocycles. The van der Waals surface area contributed by atoms with Crippen molar-refractivity contribution < 1.29 is 9.84 Å². The van der Waals surface area contributed by atoms with Crippen LogP contribution in [0.3, 0.4) is 0 Å². The minimum atomic E-state index is -0.113. The van der Waals surface area contributed by atoms with Gasteiger partial charge in [0.2, 0.25) is 11.9 Å². The number of nitrogens with one attached hydrogen (secondary N) is 2. The van der Waals surface area contributed by atoms with Crippen molar-refractivity contribution in [2.75, 3.05) is 23.8 Å². The molecule has 1 atom stereocenters. The first kappa shape index (κ1) is 17.4. The Morgan fingerprint density at radius 3 is 2.29 bits per heavy atom. The smallest absolute Gasteiger partial charge is 0.323 e. The van der Waals surface area contributed by atoms with Gasteiger partial charge in [-0.3, -0.25) is 0 Å². The van der Waals surface area contributed by atoms with Gasteiger partial charge in [0.1, 0.15) is 0 Å². The Kier molecular flexibility index (Phi) is 7.14. The molecule has 0 aliphatic heterocycles. The molecule has 0 bridgehead atoms. The summed E-state index contributed by atoms with van der Waals surface area (Å²) in [5.41, 5.74) is 0. The number of ether oxygens (including phenoxy) is 1. The Bertz CT molecular complexity index is 426. The quantitative estimate of drug-likeness (QED) is 0.641. The van der Waals surface area contributed by atoms with Crippen LogP contribution in [0.4, 0.5) is 11.9 Å². The van der Waals surface area contributed by atoms with E-state index < -0.39 is 0 Å². The minimum Gasteiger partial charge on any atom is -0.461 e. The predicted molar refractivity (Wildman–Crippen MR) is 83.7 cm³/mol. The normalized spacial score (nSPS) is 12.6. The summed E-state index contributed by atoms with van der Waals surface area (Å²) in [4.78, 5) is 12.8. The standard InChI is InChI=1S/C14H27N5O2/c1-6-7-15-12-17-13(16-11(8-20)9(2)3)19-14(18-12)21-10(4)5/h9-11,20H,6-8H2,1-5H3,(H2,15,16,17,18,19). The van der Waals surface area contributed by atoms with Gasteiger partial charge in [-0.1, -0.05) is 20.8 Å². The Balaban J connectivity index is 2.94. The second-order valence-corrected chi connectivity index (χ2v) is 5.54. The average molecular weight is 297 g/mol. The van der Waals surface area contributed by atoms with Crippen LogP contribution in [0.25, 0.3) is 0 Å². The number of aromatic nitrogens is 3. The summed E-state index contributed by atoms with van der Waals surface area (Å²) in [6.45, 7) is 10.7. The molecule has 1 heterocycles. The molecule has 1 aromatic rings. The van der Waals surface area contributed by atoms with E-state index in [0.717, 1.165) is 13.0 Å². The lowest BCUT2D eigenvalue weighted by Gasteiger charge is -2.20. The first-order valence-corrected chi connectivity index (χ1v) is 7.50. The largest absolute Gasteiger partial charge is 0.461 e. The summed E-state index contributed by atoms with van der Waals surface area (Å²) in [5.74, 6) is 1.14. The highest BCUT2D eigenvalue weighted by Crippen LogP contribution is 2.15. The SMILES string of the molecule is CCCNc1nc(NC(CO)C(C)C)nc(OC(C)C)n1. The number of hydrogen-bond acceptors (Lipinski definition) is 7. The van der Waals surface area contributed by atoms with Crippen LogP contribution in [0.1, 0.15) is 41.0 Å². The Hall–Kier alpha value is -1.63. The zero-order valence-electron chi connectivity index (χ0n) is 13.6. The third kappa shape index (κ3) is 6.12. The van der Waals surface area contributed by atoms with Crippen molar-refractivity contribution in [2.24, 2.45) is 5.92 Å². The van der Waals surface area contributed by atoms with Crippen molar-refractivity contribution in [1.29, 1.82) is 0 Å². The van der Waals surface area contributed by atoms with Gasteiger partial charge in [-0.25, -0.2) is 0 Å². The van der Waals surface area contributed by atoms with Crippen molar-refractivity contribution in [1.82, 2.24) is 15.0 Å². The van der Waals surface area contributed by atoms with Crippen molar-refractivity contribution in [3.05, 3.63) is 0 Å². The fraction of sp³-hybridized carbons (Fsp3) is 0.786. The first-order chi connectivity index (χ1) is 9.96. The monoisotopic (exact) mass is 297 g/mol. The molecule has 0 spiro atoms. The molecule has 0 fully saturated rings. The Labute approximate surface area is 126 Å². The summed E-state index contributed by atoms with van der Waals surface area (Å²) in [7, 11) is 0. The molecule has 1 rings (SSSR count). The van der Waals surface area contributed by atoms with Crippen molar-refractivity contribution in [2.45, 2.75) is 53.2 Å². The van der Waals surface area contributed by atoms with Crippen molar-refractivity contribution >= 4 is 11.9 Å². The Morgan fingerprint density at radius 2 is 1.76 bits per heavy atom. The van der Waals surface area contributed by atoms with Gasteiger partial charge < -0.3 is 20.5 Å². The van der Waals surface area contributed by atoms with E-state index in [-0.39, 0.29) is 30.7 Å². The highest BCUT2D eigenvalue weighted by atomic mass is 16.5. The third-order valence-electron chi connectivity index (χ3n) is 2.81. The van der Waals surface area contributed by atoms with E-state index in [1.807, 2.05) is 27.7 Å². The zero-order valence-corrected chi connectivity index (χ0v) is 13.6. The van der Waals surface area contributed by atoms with Crippen LogP contribution in [0, 0.1) is 5.92 Å². The number of aliphatic hydroxyl groups excluding tert-OH is 1. The van der Waals surface area contributed by atoms with Crippen molar-refractivity contribution in [3.8, 4) is 6.01 Å². The van der Waals surface area contributed by atoms with Crippen LogP contribution in [0.5, 0.6) is 6.01 Å². The molecule has 0 aliphatic carbocycles. The van der Waals surface area contributed by atoms with Crippen LogP contribution in [0.15, 0.2) is 0 Å². The average Bonchev–Trinajstić information content (AvgIpc) is 2.41. The molecule has 120 valence electrons. The summed E-state index contributed by atoms with van der Waals surface area (Å²) < 4.78 is 5.55. The Morgan fingerprint density at radius 1 is 1.10 bits per heavy atom. The van der Waals surface area contributed by atoms with Gasteiger partial charge in [0.05, 0.1) is 18.8 Å². The summed E-state index contributed by atoms with van der Waals surface area (Å²) >= 11 is 0. The number of rotatable bonds is 9. The topological polar surface area (TPSA) is 92.2 Å². The minimum absolute atomic E-state index is 0.0153. The lowest BCUT2D eigenvalue weighted by molar-refractivity contribution is 0.221. The van der Waals surface area contributed by atoms with E-state index in [1.54, 1.807) is 0 Å². The molecule has 0 aromatic carbocycles. The third-order valence-corrected chi connectivity index (χ3v) is 2.81. The molecular weight excluding hydrogens is 270 g/mol. The van der Waals surface area contributed by atoms with Gasteiger partial charge >= 0.3 is 6.01 Å². The van der Waals surface area contributed by atoms with E-state index in [2.05, 4.69) is 32.5 Å². The summed E-state index contributed by atoms with van der Waals surface area (Å²) in [6, 6.07) is 0.167. The molecule has 0 aliphatic rings. The molecule has 1 aromatic heterocycles. The van der Waals surface area contributed by atoms with Gasteiger partial charge in [0, 0.05) is 6.54 Å². The molecule has 0 saturated carbocycles.